The number of furan rings is 1. The van der Waals surface area contributed by atoms with Crippen LogP contribution in [0.4, 0.5) is 0 Å². The minimum absolute atomic E-state index is 0.00228. The third kappa shape index (κ3) is 5.12. The van der Waals surface area contributed by atoms with Crippen LogP contribution < -0.4 is 0 Å². The van der Waals surface area contributed by atoms with Gasteiger partial charge in [-0.25, -0.2) is 13.2 Å². The molecule has 5 aromatic carbocycles. The van der Waals surface area contributed by atoms with E-state index in [4.69, 9.17) is 9.25 Å². The first kappa shape index (κ1) is 29.6. The van der Waals surface area contributed by atoms with Gasteiger partial charge in [0.2, 0.25) is 15.6 Å². The molecule has 0 aliphatic rings. The molecule has 0 unspecified atom stereocenters. The molecular formula is C38H26N2O6S. The zero-order valence-electron chi connectivity index (χ0n) is 25.1. The van der Waals surface area contributed by atoms with Crippen LogP contribution in [-0.2, 0) is 19.5 Å². The Hall–Kier alpha value is -6.06. The molecule has 2 heterocycles. The Balaban J connectivity index is 1.38. The second-order valence-corrected chi connectivity index (χ2v) is 12.8. The highest BCUT2D eigenvalue weighted by molar-refractivity contribution is 7.91. The average Bonchev–Trinajstić information content (AvgIpc) is 3.76. The molecule has 7 aromatic rings. The molecule has 0 atom stereocenters. The molecule has 0 radical (unpaired) electrons. The van der Waals surface area contributed by atoms with Gasteiger partial charge >= 0.3 is 5.97 Å². The Kier molecular flexibility index (Phi) is 7.38. The number of hydrogen-bond donors (Lipinski definition) is 0. The second-order valence-electron chi connectivity index (χ2n) is 10.8. The van der Waals surface area contributed by atoms with E-state index in [-0.39, 0.29) is 15.5 Å². The Morgan fingerprint density at radius 2 is 1.60 bits per heavy atom. The lowest BCUT2D eigenvalue weighted by atomic mass is 10.0. The number of ketones is 1. The van der Waals surface area contributed by atoms with Crippen molar-refractivity contribution in [2.24, 2.45) is 5.16 Å². The minimum atomic E-state index is -3.81. The molecule has 8 nitrogen and oxygen atoms in total. The predicted octanol–water partition coefficient (Wildman–Crippen LogP) is 8.32. The molecule has 0 aliphatic carbocycles. The van der Waals surface area contributed by atoms with Gasteiger partial charge in [-0.05, 0) is 79.0 Å². The first-order chi connectivity index (χ1) is 22.8. The number of oxime groups is 1. The van der Waals surface area contributed by atoms with Crippen LogP contribution in [0.1, 0.15) is 17.3 Å². The first-order valence-corrected chi connectivity index (χ1v) is 16.1. The summed E-state index contributed by atoms with van der Waals surface area (Å²) >= 11 is 0. The Morgan fingerprint density at radius 1 is 0.830 bits per heavy atom. The number of Topliss-reactive ketones (excluding diaryl/α,β-unsaturated/α-hetero) is 1. The van der Waals surface area contributed by atoms with Crippen LogP contribution in [0.3, 0.4) is 0 Å². The van der Waals surface area contributed by atoms with Crippen LogP contribution in [0.2, 0.25) is 0 Å². The van der Waals surface area contributed by atoms with Crippen molar-refractivity contribution in [3.8, 4) is 17.0 Å². The predicted molar refractivity (Wildman–Crippen MR) is 182 cm³/mol. The van der Waals surface area contributed by atoms with E-state index >= 15 is 0 Å². The maximum Gasteiger partial charge on any atom is 0.358 e. The summed E-state index contributed by atoms with van der Waals surface area (Å²) in [5.74, 6) is -0.533. The standard InChI is InChI=1S/C38H26N2O6S/c1-3-36(41)46-39-24(2)38(42)26-16-21-32-31(23-26)37-30(34-14-8-22-45-34)12-7-13-33(37)40(32)27-17-19-28(20-18-27)47(43,44)35-15-6-10-25-9-4-5-11-29(25)35/h3-23H,1H2,2H3. The quantitative estimate of drug-likeness (QED) is 0.0545. The topological polar surface area (TPSA) is 108 Å². The zero-order chi connectivity index (χ0) is 32.7. The smallest absolute Gasteiger partial charge is 0.358 e. The second kappa shape index (κ2) is 11.7. The van der Waals surface area contributed by atoms with Crippen molar-refractivity contribution < 1.29 is 27.3 Å². The molecule has 0 saturated carbocycles. The van der Waals surface area contributed by atoms with Gasteiger partial charge in [0.05, 0.1) is 27.1 Å². The number of benzene rings is 5. The number of sulfone groups is 1. The van der Waals surface area contributed by atoms with E-state index < -0.39 is 21.6 Å². The van der Waals surface area contributed by atoms with Crippen LogP contribution >= 0.6 is 0 Å². The molecule has 0 spiro atoms. The fourth-order valence-electron chi connectivity index (χ4n) is 5.86. The SMILES string of the molecule is C=CC(=O)ON=C(C)C(=O)c1ccc2c(c1)c1c(-c3ccco3)cccc1n2-c1ccc(S(=O)(=O)c2cccc3ccccc23)cc1. The van der Waals surface area contributed by atoms with Crippen LogP contribution in [0.5, 0.6) is 0 Å². The van der Waals surface area contributed by atoms with Crippen LogP contribution in [-0.4, -0.2) is 30.4 Å². The summed E-state index contributed by atoms with van der Waals surface area (Å²) in [6, 6.07) is 34.3. The molecule has 0 fully saturated rings. The van der Waals surface area contributed by atoms with Gasteiger partial charge < -0.3 is 13.8 Å². The van der Waals surface area contributed by atoms with Gasteiger partial charge in [0.1, 0.15) is 11.5 Å². The summed E-state index contributed by atoms with van der Waals surface area (Å²) in [4.78, 5) is 29.9. The van der Waals surface area contributed by atoms with Crippen molar-refractivity contribution in [2.45, 2.75) is 16.7 Å². The molecule has 0 N–H and O–H groups in total. The molecule has 47 heavy (non-hydrogen) atoms. The van der Waals surface area contributed by atoms with Crippen LogP contribution in [0, 0.1) is 0 Å². The van der Waals surface area contributed by atoms with Gasteiger partial charge in [-0.1, -0.05) is 60.3 Å². The maximum atomic E-state index is 13.8. The third-order valence-electron chi connectivity index (χ3n) is 8.05. The number of nitrogens with zero attached hydrogens (tertiary/aromatic N) is 2. The van der Waals surface area contributed by atoms with E-state index in [1.165, 1.54) is 6.92 Å². The normalized spacial score (nSPS) is 12.1. The Bertz CT molecular complexity index is 2500. The number of aromatic nitrogens is 1. The first-order valence-electron chi connectivity index (χ1n) is 14.6. The Morgan fingerprint density at radius 3 is 2.36 bits per heavy atom. The maximum absolute atomic E-state index is 13.8. The molecule has 230 valence electrons. The molecular weight excluding hydrogens is 612 g/mol. The van der Waals surface area contributed by atoms with E-state index in [0.717, 1.165) is 44.5 Å². The summed E-state index contributed by atoms with van der Waals surface area (Å²) < 4.78 is 35.4. The third-order valence-corrected chi connectivity index (χ3v) is 9.88. The Labute approximate surface area is 269 Å². The lowest BCUT2D eigenvalue weighted by Gasteiger charge is -2.11. The largest absolute Gasteiger partial charge is 0.464 e. The molecule has 0 bridgehead atoms. The number of hydrogen-bond acceptors (Lipinski definition) is 7. The number of rotatable bonds is 8. The van der Waals surface area contributed by atoms with Crippen molar-refractivity contribution in [1.82, 2.24) is 4.57 Å². The van der Waals surface area contributed by atoms with Crippen molar-refractivity contribution in [3.05, 3.63) is 140 Å². The molecule has 0 aliphatic heterocycles. The number of carbonyl (C=O) groups excluding carboxylic acids is 2. The summed E-state index contributed by atoms with van der Waals surface area (Å²) in [6.45, 7) is 4.80. The van der Waals surface area contributed by atoms with E-state index in [2.05, 4.69) is 11.7 Å². The van der Waals surface area contributed by atoms with Crippen LogP contribution in [0.25, 0.3) is 49.6 Å². The van der Waals surface area contributed by atoms with Crippen molar-refractivity contribution in [2.75, 3.05) is 0 Å². The summed E-state index contributed by atoms with van der Waals surface area (Å²) in [5, 5.41) is 6.78. The number of carbonyl (C=O) groups is 2. The average molecular weight is 639 g/mol. The highest BCUT2D eigenvalue weighted by Gasteiger charge is 2.23. The fraction of sp³-hybridized carbons (Fsp3) is 0.0263. The highest BCUT2D eigenvalue weighted by Crippen LogP contribution is 2.39. The molecule has 7 rings (SSSR count). The van der Waals surface area contributed by atoms with Crippen molar-refractivity contribution in [1.29, 1.82) is 0 Å². The van der Waals surface area contributed by atoms with Crippen molar-refractivity contribution in [3.63, 3.8) is 0 Å². The monoisotopic (exact) mass is 638 g/mol. The number of fused-ring (bicyclic) bond motifs is 4. The molecule has 0 amide bonds. The van der Waals surface area contributed by atoms with E-state index in [1.54, 1.807) is 54.8 Å². The molecule has 9 heteroatoms. The van der Waals surface area contributed by atoms with Gasteiger partial charge in [0.15, 0.2) is 0 Å². The molecule has 2 aromatic heterocycles. The molecule has 0 saturated heterocycles. The zero-order valence-corrected chi connectivity index (χ0v) is 25.9. The summed E-state index contributed by atoms with van der Waals surface area (Å²) in [7, 11) is -3.81. The van der Waals surface area contributed by atoms with Crippen molar-refractivity contribution >= 4 is 59.9 Å². The van der Waals surface area contributed by atoms with Gasteiger partial charge in [-0.15, -0.1) is 0 Å². The summed E-state index contributed by atoms with van der Waals surface area (Å²) in [6.07, 6.45) is 2.56. The van der Waals surface area contributed by atoms with E-state index in [9.17, 15) is 18.0 Å². The van der Waals surface area contributed by atoms with Gasteiger partial charge in [-0.2, -0.15) is 0 Å². The summed E-state index contributed by atoms with van der Waals surface area (Å²) in [5.41, 5.74) is 3.50. The van der Waals surface area contributed by atoms with E-state index in [1.807, 2.05) is 71.3 Å². The van der Waals surface area contributed by atoms with E-state index in [0.29, 0.717) is 16.7 Å². The van der Waals surface area contributed by atoms with Gasteiger partial charge in [0, 0.05) is 39.0 Å². The minimum Gasteiger partial charge on any atom is -0.464 e. The van der Waals surface area contributed by atoms with Crippen LogP contribution in [0.15, 0.2) is 154 Å². The highest BCUT2D eigenvalue weighted by atomic mass is 32.2. The lowest BCUT2D eigenvalue weighted by Crippen LogP contribution is -2.12. The van der Waals surface area contributed by atoms with Gasteiger partial charge in [0.25, 0.3) is 0 Å². The fourth-order valence-corrected chi connectivity index (χ4v) is 7.34. The lowest BCUT2D eigenvalue weighted by molar-refractivity contribution is -0.137. The van der Waals surface area contributed by atoms with Gasteiger partial charge in [-0.3, -0.25) is 4.79 Å².